The number of hydrogen-bond acceptors (Lipinski definition) is 2. The highest BCUT2D eigenvalue weighted by Gasteiger charge is 1.87. The Kier molecular flexibility index (Phi) is 2.18. The maximum Gasteiger partial charge on any atom is 0.152 e. The lowest BCUT2D eigenvalue weighted by Crippen LogP contribution is -1.61. The molecule has 0 aliphatic rings. The van der Waals surface area contributed by atoms with Gasteiger partial charge in [-0.3, -0.25) is 0 Å². The standard InChI is InChI=1S/C10H9N3/c1-2-5-9(6-3-1)12-13-10-7-4-8-11-10/h1-8,11H. The Hall–Kier alpha value is -1.90. The molecule has 1 N–H and O–H groups in total. The minimum Gasteiger partial charge on any atom is -0.345 e. The van der Waals surface area contributed by atoms with Crippen LogP contribution in [0.1, 0.15) is 0 Å². The van der Waals surface area contributed by atoms with Gasteiger partial charge < -0.3 is 4.98 Å². The topological polar surface area (TPSA) is 40.5 Å². The zero-order valence-corrected chi connectivity index (χ0v) is 7.01. The summed E-state index contributed by atoms with van der Waals surface area (Å²) in [6.07, 6.45) is 1.82. The predicted molar refractivity (Wildman–Crippen MR) is 51.4 cm³/mol. The lowest BCUT2D eigenvalue weighted by Gasteiger charge is -1.88. The van der Waals surface area contributed by atoms with E-state index >= 15 is 0 Å². The van der Waals surface area contributed by atoms with Crippen LogP contribution in [0.15, 0.2) is 58.9 Å². The molecule has 0 spiro atoms. The number of azo groups is 1. The van der Waals surface area contributed by atoms with E-state index in [2.05, 4.69) is 15.2 Å². The molecule has 0 amide bonds. The average molecular weight is 171 g/mol. The fourth-order valence-electron chi connectivity index (χ4n) is 0.989. The van der Waals surface area contributed by atoms with Crippen molar-refractivity contribution in [3.8, 4) is 0 Å². The Morgan fingerprint density at radius 1 is 0.846 bits per heavy atom. The Balaban J connectivity index is 2.15. The van der Waals surface area contributed by atoms with Crippen molar-refractivity contribution in [2.75, 3.05) is 0 Å². The van der Waals surface area contributed by atoms with E-state index < -0.39 is 0 Å². The van der Waals surface area contributed by atoms with Crippen molar-refractivity contribution >= 4 is 11.5 Å². The number of benzene rings is 1. The van der Waals surface area contributed by atoms with E-state index in [1.165, 1.54) is 0 Å². The number of H-pyrrole nitrogens is 1. The fourth-order valence-corrected chi connectivity index (χ4v) is 0.989. The number of rotatable bonds is 2. The first kappa shape index (κ1) is 7.73. The van der Waals surface area contributed by atoms with Gasteiger partial charge in [-0.05, 0) is 24.3 Å². The summed E-state index contributed by atoms with van der Waals surface area (Å²) in [5, 5.41) is 8.05. The summed E-state index contributed by atoms with van der Waals surface area (Å²) < 4.78 is 0. The SMILES string of the molecule is c1ccc(N=Nc2ccc[nH]2)cc1. The van der Waals surface area contributed by atoms with Crippen LogP contribution in [-0.2, 0) is 0 Å². The molecule has 0 atom stereocenters. The summed E-state index contributed by atoms with van der Waals surface area (Å²) in [6.45, 7) is 0. The first-order valence-electron chi connectivity index (χ1n) is 4.05. The van der Waals surface area contributed by atoms with Crippen molar-refractivity contribution in [1.82, 2.24) is 4.98 Å². The van der Waals surface area contributed by atoms with Crippen LogP contribution in [-0.4, -0.2) is 4.98 Å². The van der Waals surface area contributed by atoms with E-state index in [4.69, 9.17) is 0 Å². The van der Waals surface area contributed by atoms with Crippen molar-refractivity contribution in [3.05, 3.63) is 48.7 Å². The summed E-state index contributed by atoms with van der Waals surface area (Å²) >= 11 is 0. The minimum atomic E-state index is 0.767. The van der Waals surface area contributed by atoms with Crippen molar-refractivity contribution < 1.29 is 0 Å². The number of hydrogen-bond donors (Lipinski definition) is 1. The van der Waals surface area contributed by atoms with Crippen LogP contribution in [0.3, 0.4) is 0 Å². The molecular formula is C10H9N3. The molecule has 0 unspecified atom stereocenters. The Labute approximate surface area is 76.1 Å². The molecule has 0 radical (unpaired) electrons. The van der Waals surface area contributed by atoms with Gasteiger partial charge in [-0.1, -0.05) is 18.2 Å². The van der Waals surface area contributed by atoms with Crippen LogP contribution in [0.2, 0.25) is 0 Å². The zero-order valence-electron chi connectivity index (χ0n) is 7.01. The first-order chi connectivity index (χ1) is 6.45. The lowest BCUT2D eigenvalue weighted by molar-refractivity contribution is 1.18. The number of aromatic amines is 1. The Morgan fingerprint density at radius 2 is 1.69 bits per heavy atom. The largest absolute Gasteiger partial charge is 0.345 e. The van der Waals surface area contributed by atoms with Gasteiger partial charge in [0.25, 0.3) is 0 Å². The third-order valence-electron chi connectivity index (χ3n) is 1.61. The molecule has 1 aromatic carbocycles. The van der Waals surface area contributed by atoms with Gasteiger partial charge in [-0.15, -0.1) is 10.2 Å². The monoisotopic (exact) mass is 171 g/mol. The molecule has 0 bridgehead atoms. The van der Waals surface area contributed by atoms with E-state index in [1.807, 2.05) is 48.7 Å². The van der Waals surface area contributed by atoms with Crippen LogP contribution in [0.4, 0.5) is 11.5 Å². The van der Waals surface area contributed by atoms with Gasteiger partial charge in [0.2, 0.25) is 0 Å². The van der Waals surface area contributed by atoms with Crippen LogP contribution in [0.25, 0.3) is 0 Å². The maximum absolute atomic E-state index is 4.04. The van der Waals surface area contributed by atoms with Gasteiger partial charge in [-0.2, -0.15) is 0 Å². The maximum atomic E-state index is 4.04. The highest BCUT2D eigenvalue weighted by atomic mass is 15.1. The van der Waals surface area contributed by atoms with Crippen molar-refractivity contribution in [2.45, 2.75) is 0 Å². The molecule has 64 valence electrons. The number of nitrogens with one attached hydrogen (secondary N) is 1. The zero-order chi connectivity index (χ0) is 8.93. The molecular weight excluding hydrogens is 162 g/mol. The predicted octanol–water partition coefficient (Wildman–Crippen LogP) is 3.43. The van der Waals surface area contributed by atoms with Crippen molar-refractivity contribution in [2.24, 2.45) is 10.2 Å². The summed E-state index contributed by atoms with van der Waals surface area (Å²) in [7, 11) is 0. The molecule has 1 aromatic heterocycles. The van der Waals surface area contributed by atoms with Gasteiger partial charge in [-0.25, -0.2) is 0 Å². The van der Waals surface area contributed by atoms with Gasteiger partial charge in [0.05, 0.1) is 5.69 Å². The van der Waals surface area contributed by atoms with Crippen molar-refractivity contribution in [3.63, 3.8) is 0 Å². The van der Waals surface area contributed by atoms with Gasteiger partial charge in [0.15, 0.2) is 5.82 Å². The fraction of sp³-hybridized carbons (Fsp3) is 0. The molecule has 0 aliphatic heterocycles. The second-order valence-corrected chi connectivity index (χ2v) is 2.59. The summed E-state index contributed by atoms with van der Waals surface area (Å²) in [5.41, 5.74) is 0.858. The molecule has 3 heteroatoms. The summed E-state index contributed by atoms with van der Waals surface area (Å²) in [6, 6.07) is 13.4. The Morgan fingerprint density at radius 3 is 2.38 bits per heavy atom. The van der Waals surface area contributed by atoms with Crippen LogP contribution in [0.5, 0.6) is 0 Å². The van der Waals surface area contributed by atoms with Crippen LogP contribution < -0.4 is 0 Å². The van der Waals surface area contributed by atoms with E-state index in [9.17, 15) is 0 Å². The summed E-state index contributed by atoms with van der Waals surface area (Å²) in [4.78, 5) is 2.95. The van der Waals surface area contributed by atoms with E-state index in [1.54, 1.807) is 0 Å². The second-order valence-electron chi connectivity index (χ2n) is 2.59. The molecule has 3 nitrogen and oxygen atoms in total. The smallest absolute Gasteiger partial charge is 0.152 e. The summed E-state index contributed by atoms with van der Waals surface area (Å²) in [5.74, 6) is 0.767. The number of nitrogens with zero attached hydrogens (tertiary/aromatic N) is 2. The Bertz CT molecular complexity index is 376. The van der Waals surface area contributed by atoms with Gasteiger partial charge >= 0.3 is 0 Å². The van der Waals surface area contributed by atoms with Gasteiger partial charge in [0, 0.05) is 6.20 Å². The van der Waals surface area contributed by atoms with Gasteiger partial charge in [0.1, 0.15) is 0 Å². The minimum absolute atomic E-state index is 0.767. The highest BCUT2D eigenvalue weighted by molar-refractivity contribution is 5.36. The lowest BCUT2D eigenvalue weighted by atomic mass is 10.3. The average Bonchev–Trinajstić information content (AvgIpc) is 2.69. The van der Waals surface area contributed by atoms with Crippen LogP contribution >= 0.6 is 0 Å². The van der Waals surface area contributed by atoms with Crippen LogP contribution in [0, 0.1) is 0 Å². The molecule has 0 aliphatic carbocycles. The molecule has 13 heavy (non-hydrogen) atoms. The van der Waals surface area contributed by atoms with E-state index in [0.29, 0.717) is 0 Å². The molecule has 1 heterocycles. The van der Waals surface area contributed by atoms with E-state index in [0.717, 1.165) is 11.5 Å². The first-order valence-corrected chi connectivity index (χ1v) is 4.05. The third-order valence-corrected chi connectivity index (χ3v) is 1.61. The quantitative estimate of drug-likeness (QED) is 0.672. The molecule has 0 saturated carbocycles. The molecule has 2 aromatic rings. The molecule has 0 saturated heterocycles. The second kappa shape index (κ2) is 3.67. The normalized spacial score (nSPS) is 10.8. The van der Waals surface area contributed by atoms with Crippen molar-refractivity contribution in [1.29, 1.82) is 0 Å². The van der Waals surface area contributed by atoms with E-state index in [-0.39, 0.29) is 0 Å². The molecule has 0 fully saturated rings. The highest BCUT2D eigenvalue weighted by Crippen LogP contribution is 2.14. The third kappa shape index (κ3) is 2.02. The molecule has 2 rings (SSSR count). The number of aromatic nitrogens is 1.